The molecule has 0 unspecified atom stereocenters. The minimum Gasteiger partial charge on any atom is -0.508 e. The van der Waals surface area contributed by atoms with Crippen LogP contribution in [0, 0.1) is 0 Å². The van der Waals surface area contributed by atoms with Crippen molar-refractivity contribution < 1.29 is 55.6 Å². The molecule has 0 aromatic heterocycles. The summed E-state index contributed by atoms with van der Waals surface area (Å²) in [5, 5.41) is 22.0. The highest BCUT2D eigenvalue weighted by Gasteiger charge is 2.72. The Labute approximate surface area is 206 Å². The number of aliphatic hydroxyl groups is 1. The molecule has 0 spiro atoms. The van der Waals surface area contributed by atoms with E-state index >= 15 is 0 Å². The number of halogens is 6. The van der Waals surface area contributed by atoms with Gasteiger partial charge in [0, 0.05) is 12.1 Å². The van der Waals surface area contributed by atoms with E-state index in [1.165, 1.54) is 26.4 Å². The monoisotopic (exact) mass is 533 g/mol. The number of nitrogens with one attached hydrogen (secondary N) is 1. The minimum absolute atomic E-state index is 0.0104. The number of hydrogen-bond donors (Lipinski definition) is 3. The Morgan fingerprint density at radius 1 is 0.865 bits per heavy atom. The van der Waals surface area contributed by atoms with Gasteiger partial charge in [-0.2, -0.15) is 26.3 Å². The molecule has 0 heterocycles. The molecular formula is C24H21F6NO6. The van der Waals surface area contributed by atoms with E-state index in [4.69, 9.17) is 14.2 Å². The van der Waals surface area contributed by atoms with E-state index in [0.717, 1.165) is 6.07 Å². The van der Waals surface area contributed by atoms with E-state index in [-0.39, 0.29) is 23.1 Å². The molecule has 3 N–H and O–H groups in total. The summed E-state index contributed by atoms with van der Waals surface area (Å²) >= 11 is 0. The lowest BCUT2D eigenvalue weighted by Gasteiger charge is -2.33. The first-order valence-corrected chi connectivity index (χ1v) is 10.4. The predicted molar refractivity (Wildman–Crippen MR) is 119 cm³/mol. The number of aromatic hydroxyl groups is 1. The van der Waals surface area contributed by atoms with Crippen LogP contribution < -0.4 is 19.5 Å². The molecule has 13 heteroatoms. The van der Waals surface area contributed by atoms with E-state index < -0.39 is 41.8 Å². The van der Waals surface area contributed by atoms with Crippen LogP contribution in [0.5, 0.6) is 23.0 Å². The molecule has 0 aliphatic carbocycles. The van der Waals surface area contributed by atoms with Crippen LogP contribution >= 0.6 is 0 Å². The molecule has 0 bridgehead atoms. The van der Waals surface area contributed by atoms with Crippen molar-refractivity contribution in [1.29, 1.82) is 0 Å². The number of phenols is 1. The zero-order valence-corrected chi connectivity index (χ0v) is 19.3. The molecule has 0 fully saturated rings. The molecule has 3 aromatic carbocycles. The maximum atomic E-state index is 13.2. The summed E-state index contributed by atoms with van der Waals surface area (Å²) in [5.41, 5.74) is -6.33. The van der Waals surface area contributed by atoms with Crippen molar-refractivity contribution in [1.82, 2.24) is 5.32 Å². The Hall–Kier alpha value is -3.87. The van der Waals surface area contributed by atoms with E-state index in [0.29, 0.717) is 29.2 Å². The Kier molecular flexibility index (Phi) is 7.67. The molecule has 1 amide bonds. The van der Waals surface area contributed by atoms with Crippen LogP contribution in [0.4, 0.5) is 26.3 Å². The van der Waals surface area contributed by atoms with Crippen LogP contribution in [0.1, 0.15) is 11.1 Å². The van der Waals surface area contributed by atoms with Gasteiger partial charge < -0.3 is 29.7 Å². The number of rotatable bonds is 8. The molecule has 3 rings (SSSR count). The van der Waals surface area contributed by atoms with E-state index in [1.54, 1.807) is 18.2 Å². The van der Waals surface area contributed by atoms with Gasteiger partial charge in [-0.25, -0.2) is 0 Å². The number of hydrogen-bond acceptors (Lipinski definition) is 6. The van der Waals surface area contributed by atoms with Crippen LogP contribution in [0.3, 0.4) is 0 Å². The Bertz CT molecular complexity index is 1280. The molecule has 0 saturated carbocycles. The summed E-state index contributed by atoms with van der Waals surface area (Å²) in [6.45, 7) is -0.316. The zero-order chi connectivity index (χ0) is 27.6. The Morgan fingerprint density at radius 2 is 1.51 bits per heavy atom. The highest BCUT2D eigenvalue weighted by Crippen LogP contribution is 2.52. The van der Waals surface area contributed by atoms with Crippen molar-refractivity contribution in [3.05, 3.63) is 59.7 Å². The van der Waals surface area contributed by atoms with Gasteiger partial charge >= 0.3 is 12.4 Å². The molecule has 200 valence electrons. The maximum Gasteiger partial charge on any atom is 0.430 e. The lowest BCUT2D eigenvalue weighted by molar-refractivity contribution is -0.376. The first-order valence-electron chi connectivity index (χ1n) is 10.4. The number of methoxy groups -OCH3 is 2. The standard InChI is InChI=1S/C24H21F6NO6/c1-35-19-6-3-13(7-20(19)36-2)11-31-21(33)12-37-16-5-4-14-9-17(18(32)10-15(14)8-16)22(34,23(25,26)27)24(28,29)30/h3-10,32,34H,11-12H2,1-2H3,(H,31,33). The van der Waals surface area contributed by atoms with Crippen LogP contribution in [-0.4, -0.2) is 49.3 Å². The molecule has 0 aliphatic heterocycles. The molecule has 37 heavy (non-hydrogen) atoms. The van der Waals surface area contributed by atoms with E-state index in [1.807, 2.05) is 0 Å². The quantitative estimate of drug-likeness (QED) is 0.367. The summed E-state index contributed by atoms with van der Waals surface area (Å²) < 4.78 is 94.9. The number of amides is 1. The zero-order valence-electron chi connectivity index (χ0n) is 19.3. The number of alkyl halides is 6. The van der Waals surface area contributed by atoms with Gasteiger partial charge in [-0.15, -0.1) is 0 Å². The smallest absolute Gasteiger partial charge is 0.430 e. The average Bonchev–Trinajstić information content (AvgIpc) is 2.83. The van der Waals surface area contributed by atoms with Crippen molar-refractivity contribution in [3.8, 4) is 23.0 Å². The van der Waals surface area contributed by atoms with Crippen molar-refractivity contribution in [2.75, 3.05) is 20.8 Å². The van der Waals surface area contributed by atoms with Crippen LogP contribution in [0.15, 0.2) is 48.5 Å². The average molecular weight is 533 g/mol. The van der Waals surface area contributed by atoms with Gasteiger partial charge in [-0.1, -0.05) is 12.1 Å². The second-order valence-electron chi connectivity index (χ2n) is 7.84. The van der Waals surface area contributed by atoms with Crippen molar-refractivity contribution >= 4 is 16.7 Å². The Balaban J connectivity index is 1.73. The lowest BCUT2D eigenvalue weighted by atomic mass is 9.89. The molecule has 0 atom stereocenters. The second kappa shape index (κ2) is 10.2. The van der Waals surface area contributed by atoms with Gasteiger partial charge in [0.05, 0.1) is 14.2 Å². The fourth-order valence-corrected chi connectivity index (χ4v) is 3.50. The molecule has 3 aromatic rings. The molecule has 0 saturated heterocycles. The molecule has 7 nitrogen and oxygen atoms in total. The molecular weight excluding hydrogens is 512 g/mol. The molecule has 0 aliphatic rings. The topological polar surface area (TPSA) is 97.3 Å². The first-order chi connectivity index (χ1) is 17.2. The van der Waals surface area contributed by atoms with Crippen LogP contribution in [0.25, 0.3) is 10.8 Å². The number of fused-ring (bicyclic) bond motifs is 1. The fourth-order valence-electron chi connectivity index (χ4n) is 3.50. The minimum atomic E-state index is -6.15. The summed E-state index contributed by atoms with van der Waals surface area (Å²) in [5.74, 6) is -0.903. The summed E-state index contributed by atoms with van der Waals surface area (Å²) in [6, 6.07) is 9.63. The van der Waals surface area contributed by atoms with Gasteiger partial charge in [0.2, 0.25) is 0 Å². The van der Waals surface area contributed by atoms with Gasteiger partial charge in [-0.05, 0) is 52.7 Å². The lowest BCUT2D eigenvalue weighted by Crippen LogP contribution is -2.53. The normalized spacial score (nSPS) is 12.4. The van der Waals surface area contributed by atoms with Crippen molar-refractivity contribution in [2.24, 2.45) is 0 Å². The van der Waals surface area contributed by atoms with E-state index in [2.05, 4.69) is 5.32 Å². The van der Waals surface area contributed by atoms with Gasteiger partial charge in [0.15, 0.2) is 18.1 Å². The fraction of sp³-hybridized carbons (Fsp3) is 0.292. The van der Waals surface area contributed by atoms with Gasteiger partial charge in [0.25, 0.3) is 11.5 Å². The largest absolute Gasteiger partial charge is 0.508 e. The first kappa shape index (κ1) is 27.7. The van der Waals surface area contributed by atoms with Gasteiger partial charge in [-0.3, -0.25) is 4.79 Å². The van der Waals surface area contributed by atoms with Crippen LogP contribution in [-0.2, 0) is 16.9 Å². The van der Waals surface area contributed by atoms with Crippen molar-refractivity contribution in [2.45, 2.75) is 24.5 Å². The SMILES string of the molecule is COc1ccc(CNC(=O)COc2ccc3cc(C(O)(C(F)(F)F)C(F)(F)F)c(O)cc3c2)cc1OC. The summed E-state index contributed by atoms with van der Waals surface area (Å²) in [7, 11) is 2.94. The van der Waals surface area contributed by atoms with Crippen LogP contribution in [0.2, 0.25) is 0 Å². The Morgan fingerprint density at radius 3 is 2.11 bits per heavy atom. The van der Waals surface area contributed by atoms with Gasteiger partial charge in [0.1, 0.15) is 11.5 Å². The second-order valence-corrected chi connectivity index (χ2v) is 7.84. The highest BCUT2D eigenvalue weighted by molar-refractivity contribution is 5.87. The maximum absolute atomic E-state index is 13.2. The third-order valence-corrected chi connectivity index (χ3v) is 5.44. The number of phenolic OH excluding ortho intramolecular Hbond substituents is 1. The number of carbonyl (C=O) groups excluding carboxylic acids is 1. The number of carbonyl (C=O) groups is 1. The summed E-state index contributed by atoms with van der Waals surface area (Å²) in [4.78, 5) is 12.2. The number of benzene rings is 3. The van der Waals surface area contributed by atoms with E-state index in [9.17, 15) is 41.4 Å². The summed E-state index contributed by atoms with van der Waals surface area (Å²) in [6.07, 6.45) is -12.3. The number of ether oxygens (including phenoxy) is 3. The van der Waals surface area contributed by atoms with Crippen molar-refractivity contribution in [3.63, 3.8) is 0 Å². The third kappa shape index (κ3) is 5.61. The highest BCUT2D eigenvalue weighted by atomic mass is 19.4. The predicted octanol–water partition coefficient (Wildman–Crippen LogP) is 4.57. The third-order valence-electron chi connectivity index (χ3n) is 5.44. The molecule has 0 radical (unpaired) electrons.